The number of unbranched alkanes of at least 4 members (excludes halogenated alkanes) is 11. The first kappa shape index (κ1) is 34.5. The van der Waals surface area contributed by atoms with Crippen LogP contribution in [0.5, 0.6) is 0 Å². The fourth-order valence-corrected chi connectivity index (χ4v) is 4.65. The van der Waals surface area contributed by atoms with Crippen molar-refractivity contribution in [2.45, 2.75) is 142 Å². The lowest BCUT2D eigenvalue weighted by atomic mass is 10.0. The fraction of sp³-hybridized carbons (Fsp3) is 0.926. The summed E-state index contributed by atoms with van der Waals surface area (Å²) in [5.74, 6) is 0. The zero-order valence-electron chi connectivity index (χ0n) is 23.2. The predicted octanol–water partition coefficient (Wildman–Crippen LogP) is 6.14. The normalized spacial score (nSPS) is 16.9. The Morgan fingerprint density at radius 3 is 1.80 bits per heavy atom. The minimum atomic E-state index is -3.84. The zero-order valence-corrected chi connectivity index (χ0v) is 24.1. The molecule has 7 nitrogen and oxygen atoms in total. The first-order valence-corrected chi connectivity index (χ1v) is 15.6. The van der Waals surface area contributed by atoms with Gasteiger partial charge in [0, 0.05) is 13.2 Å². The van der Waals surface area contributed by atoms with Crippen molar-refractivity contribution in [3.63, 3.8) is 0 Å². The highest BCUT2D eigenvalue weighted by Gasteiger charge is 2.36. The van der Waals surface area contributed by atoms with Crippen LogP contribution in [0.2, 0.25) is 0 Å². The van der Waals surface area contributed by atoms with Gasteiger partial charge in [0.25, 0.3) is 10.1 Å². The lowest BCUT2D eigenvalue weighted by Gasteiger charge is -2.32. The van der Waals surface area contributed by atoms with Crippen LogP contribution in [0, 0.1) is 0 Å². The van der Waals surface area contributed by atoms with Crippen LogP contribution in [-0.2, 0) is 28.5 Å². The molecule has 0 spiro atoms. The van der Waals surface area contributed by atoms with Crippen LogP contribution in [0.1, 0.15) is 112 Å². The van der Waals surface area contributed by atoms with Crippen LogP contribution in [0.25, 0.3) is 0 Å². The molecule has 210 valence electrons. The molecule has 0 aromatic rings. The zero-order chi connectivity index (χ0) is 26.5. The summed E-state index contributed by atoms with van der Waals surface area (Å²) in [5.41, 5.74) is 0. The Morgan fingerprint density at radius 2 is 1.31 bits per heavy atom. The maximum atomic E-state index is 11.9. The van der Waals surface area contributed by atoms with Crippen LogP contribution in [0.15, 0.2) is 12.2 Å². The molecule has 0 radical (unpaired) electrons. The smallest absolute Gasteiger partial charge is 0.264 e. The van der Waals surface area contributed by atoms with Gasteiger partial charge in [0.1, 0.15) is 18.3 Å². The molecule has 0 bridgehead atoms. The second-order valence-electron chi connectivity index (χ2n) is 9.29. The highest BCUT2D eigenvalue weighted by atomic mass is 32.2. The fourth-order valence-electron chi connectivity index (χ4n) is 4.02. The Bertz CT molecular complexity index is 609. The Kier molecular flexibility index (Phi) is 21.2. The molecule has 0 aliphatic heterocycles. The maximum Gasteiger partial charge on any atom is 0.264 e. The molecule has 1 N–H and O–H groups in total. The standard InChI is InChI=1S/C27H54O7S/c1-7-10-11-12-13-14-15-16-17-18-19-20-21-22-25(33-24(5)32-9-3)27(34-35(6,29)30)26(28)23(4)31-8-2/h21-28H,7-20H2,1-6H3/t23?,24?,25-,26?,27-/m0/s1. The molecule has 0 amide bonds. The van der Waals surface area contributed by atoms with E-state index in [4.69, 9.17) is 18.4 Å². The van der Waals surface area contributed by atoms with Gasteiger partial charge in [0.15, 0.2) is 6.29 Å². The van der Waals surface area contributed by atoms with Crippen molar-refractivity contribution < 1.29 is 31.9 Å². The maximum absolute atomic E-state index is 11.9. The monoisotopic (exact) mass is 522 g/mol. The van der Waals surface area contributed by atoms with E-state index >= 15 is 0 Å². The van der Waals surface area contributed by atoms with Gasteiger partial charge >= 0.3 is 0 Å². The van der Waals surface area contributed by atoms with Gasteiger partial charge in [-0.3, -0.25) is 4.18 Å². The Balaban J connectivity index is 4.81. The van der Waals surface area contributed by atoms with Crippen molar-refractivity contribution >= 4 is 10.1 Å². The summed E-state index contributed by atoms with van der Waals surface area (Å²) in [7, 11) is -3.84. The molecule has 0 aliphatic carbocycles. The third-order valence-electron chi connectivity index (χ3n) is 5.91. The lowest BCUT2D eigenvalue weighted by molar-refractivity contribution is -0.183. The summed E-state index contributed by atoms with van der Waals surface area (Å²) < 4.78 is 46.1. The van der Waals surface area contributed by atoms with Crippen LogP contribution in [0.3, 0.4) is 0 Å². The molecule has 0 aromatic carbocycles. The van der Waals surface area contributed by atoms with Gasteiger partial charge in [0.2, 0.25) is 0 Å². The minimum Gasteiger partial charge on any atom is -0.388 e. The van der Waals surface area contributed by atoms with Crippen LogP contribution in [-0.4, -0.2) is 63.7 Å². The quantitative estimate of drug-likeness (QED) is 0.0704. The average molecular weight is 523 g/mol. The van der Waals surface area contributed by atoms with Crippen LogP contribution < -0.4 is 0 Å². The molecule has 0 heterocycles. The lowest BCUT2D eigenvalue weighted by Crippen LogP contribution is -2.48. The van der Waals surface area contributed by atoms with E-state index in [1.165, 1.54) is 57.8 Å². The molecule has 8 heteroatoms. The Labute approximate surface area is 216 Å². The van der Waals surface area contributed by atoms with Crippen molar-refractivity contribution in [2.75, 3.05) is 19.5 Å². The highest BCUT2D eigenvalue weighted by Crippen LogP contribution is 2.20. The summed E-state index contributed by atoms with van der Waals surface area (Å²) in [4.78, 5) is 0. The SMILES string of the molecule is CCCCCCCCCCCCCC=C[C@H](OC(C)OCC)[C@H](OS(C)(=O)=O)C(O)C(C)OCC. The molecular weight excluding hydrogens is 468 g/mol. The summed E-state index contributed by atoms with van der Waals surface area (Å²) in [5, 5.41) is 10.8. The van der Waals surface area contributed by atoms with Gasteiger partial charge in [0.05, 0.1) is 12.4 Å². The van der Waals surface area contributed by atoms with Crippen molar-refractivity contribution in [3.8, 4) is 0 Å². The van der Waals surface area contributed by atoms with E-state index in [9.17, 15) is 13.5 Å². The van der Waals surface area contributed by atoms with E-state index in [1.54, 1.807) is 19.9 Å². The van der Waals surface area contributed by atoms with E-state index in [1.807, 2.05) is 19.9 Å². The number of allylic oxidation sites excluding steroid dienone is 1. The summed E-state index contributed by atoms with van der Waals surface area (Å²) in [6.45, 7) is 10.2. The highest BCUT2D eigenvalue weighted by molar-refractivity contribution is 7.86. The van der Waals surface area contributed by atoms with Gasteiger partial charge in [-0.05, 0) is 40.5 Å². The van der Waals surface area contributed by atoms with Crippen LogP contribution >= 0.6 is 0 Å². The molecular formula is C27H54O7S. The number of aliphatic hydroxyl groups is 1. The number of hydrogen-bond donors (Lipinski definition) is 1. The predicted molar refractivity (Wildman–Crippen MR) is 143 cm³/mol. The first-order chi connectivity index (χ1) is 16.7. The minimum absolute atomic E-state index is 0.388. The first-order valence-electron chi connectivity index (χ1n) is 13.8. The van der Waals surface area contributed by atoms with E-state index in [2.05, 4.69) is 6.92 Å². The number of ether oxygens (including phenoxy) is 3. The molecule has 0 aromatic heterocycles. The van der Waals surface area contributed by atoms with Gasteiger partial charge in [-0.2, -0.15) is 8.42 Å². The second-order valence-corrected chi connectivity index (χ2v) is 10.9. The van der Waals surface area contributed by atoms with E-state index in [0.717, 1.165) is 25.5 Å². The molecule has 0 saturated carbocycles. The van der Waals surface area contributed by atoms with Crippen LogP contribution in [0.4, 0.5) is 0 Å². The van der Waals surface area contributed by atoms with E-state index in [-0.39, 0.29) is 0 Å². The van der Waals surface area contributed by atoms with Gasteiger partial charge in [-0.1, -0.05) is 83.3 Å². The molecule has 0 saturated heterocycles. The van der Waals surface area contributed by atoms with Crippen molar-refractivity contribution in [1.82, 2.24) is 0 Å². The average Bonchev–Trinajstić information content (AvgIpc) is 2.79. The van der Waals surface area contributed by atoms with Crippen molar-refractivity contribution in [1.29, 1.82) is 0 Å². The molecule has 0 rings (SSSR count). The molecule has 35 heavy (non-hydrogen) atoms. The Morgan fingerprint density at radius 1 is 0.800 bits per heavy atom. The topological polar surface area (TPSA) is 91.3 Å². The molecule has 3 unspecified atom stereocenters. The summed E-state index contributed by atoms with van der Waals surface area (Å²) >= 11 is 0. The summed E-state index contributed by atoms with van der Waals surface area (Å²) in [6, 6.07) is 0. The third-order valence-corrected chi connectivity index (χ3v) is 6.48. The third kappa shape index (κ3) is 19.3. The van der Waals surface area contributed by atoms with Gasteiger partial charge < -0.3 is 19.3 Å². The number of aliphatic hydroxyl groups excluding tert-OH is 1. The van der Waals surface area contributed by atoms with Gasteiger partial charge in [-0.25, -0.2) is 0 Å². The van der Waals surface area contributed by atoms with Gasteiger partial charge in [-0.15, -0.1) is 0 Å². The van der Waals surface area contributed by atoms with E-state index in [0.29, 0.717) is 13.2 Å². The van der Waals surface area contributed by atoms with Crippen molar-refractivity contribution in [3.05, 3.63) is 12.2 Å². The molecule has 5 atom stereocenters. The van der Waals surface area contributed by atoms with Crippen molar-refractivity contribution in [2.24, 2.45) is 0 Å². The number of rotatable bonds is 24. The largest absolute Gasteiger partial charge is 0.388 e. The molecule has 0 fully saturated rings. The second kappa shape index (κ2) is 21.6. The van der Waals surface area contributed by atoms with E-state index < -0.39 is 40.8 Å². The summed E-state index contributed by atoms with van der Waals surface area (Å²) in [6.07, 6.45) is 15.3. The molecule has 0 aliphatic rings. The number of hydrogen-bond acceptors (Lipinski definition) is 7. The Hall–Kier alpha value is -0.510.